The van der Waals surface area contributed by atoms with Gasteiger partial charge in [-0.05, 0) is 19.5 Å². The van der Waals surface area contributed by atoms with Crippen molar-refractivity contribution in [1.82, 2.24) is 5.32 Å². The fourth-order valence-corrected chi connectivity index (χ4v) is 2.57. The molecular weight excluding hydrogens is 279 g/mol. The number of halogens is 1. The number of rotatable bonds is 6. The molecule has 0 aliphatic heterocycles. The quantitative estimate of drug-likeness (QED) is 0.643. The second-order valence-corrected chi connectivity index (χ2v) is 5.08. The Bertz CT molecular complexity index is 538. The minimum atomic E-state index is -0.728. The number of methoxy groups -OCH3 is 1. The van der Waals surface area contributed by atoms with Gasteiger partial charge in [0.25, 0.3) is 5.69 Å². The summed E-state index contributed by atoms with van der Waals surface area (Å²) in [4.78, 5) is 10.2. The van der Waals surface area contributed by atoms with Gasteiger partial charge in [0.05, 0.1) is 11.0 Å². The maximum Gasteiger partial charge on any atom is 0.275 e. The molecule has 1 fully saturated rings. The van der Waals surface area contributed by atoms with Crippen molar-refractivity contribution in [3.8, 4) is 5.75 Å². The predicted molar refractivity (Wildman–Crippen MR) is 75.1 cm³/mol. The summed E-state index contributed by atoms with van der Waals surface area (Å²) in [6.45, 7) is 4.38. The van der Waals surface area contributed by atoms with Crippen molar-refractivity contribution < 1.29 is 18.8 Å². The van der Waals surface area contributed by atoms with Crippen molar-refractivity contribution in [2.45, 2.75) is 38.5 Å². The molecular formula is C14H19FN2O4. The van der Waals surface area contributed by atoms with Crippen molar-refractivity contribution in [2.75, 3.05) is 13.7 Å². The Morgan fingerprint density at radius 2 is 2.24 bits per heavy atom. The Hall–Kier alpha value is -1.73. The maximum atomic E-state index is 13.9. The summed E-state index contributed by atoms with van der Waals surface area (Å²) in [6.07, 6.45) is 0.302. The third kappa shape index (κ3) is 3.14. The van der Waals surface area contributed by atoms with Crippen molar-refractivity contribution in [1.29, 1.82) is 0 Å². The van der Waals surface area contributed by atoms with Crippen LogP contribution in [0.5, 0.6) is 5.75 Å². The van der Waals surface area contributed by atoms with Crippen LogP contribution in [0.2, 0.25) is 0 Å². The summed E-state index contributed by atoms with van der Waals surface area (Å²) in [5, 5.41) is 14.0. The SMILES string of the molecule is CCNC1CC(Oc2cc(C)c([N+](=O)[O-])cc2F)C1OC. The first-order chi connectivity index (χ1) is 9.97. The lowest BCUT2D eigenvalue weighted by molar-refractivity contribution is -0.385. The number of hydrogen-bond acceptors (Lipinski definition) is 5. The number of ether oxygens (including phenoxy) is 2. The summed E-state index contributed by atoms with van der Waals surface area (Å²) in [7, 11) is 1.59. The van der Waals surface area contributed by atoms with Gasteiger partial charge in [-0.1, -0.05) is 6.92 Å². The molecule has 1 aliphatic rings. The van der Waals surface area contributed by atoms with Crippen LogP contribution in [-0.2, 0) is 4.74 Å². The van der Waals surface area contributed by atoms with Crippen molar-refractivity contribution in [3.05, 3.63) is 33.6 Å². The average molecular weight is 298 g/mol. The number of aryl methyl sites for hydroxylation is 1. The second-order valence-electron chi connectivity index (χ2n) is 5.08. The average Bonchev–Trinajstić information content (AvgIpc) is 2.40. The third-order valence-electron chi connectivity index (χ3n) is 3.71. The van der Waals surface area contributed by atoms with E-state index in [1.165, 1.54) is 6.07 Å². The minimum absolute atomic E-state index is 0.0279. The van der Waals surface area contributed by atoms with Crippen LogP contribution in [0.1, 0.15) is 18.9 Å². The molecule has 0 amide bonds. The highest BCUT2D eigenvalue weighted by atomic mass is 19.1. The highest BCUT2D eigenvalue weighted by Gasteiger charge is 2.43. The number of likely N-dealkylation sites (N-methyl/N-ethyl adjacent to an activating group) is 1. The molecule has 2 rings (SSSR count). The van der Waals surface area contributed by atoms with Gasteiger partial charge in [0, 0.05) is 25.1 Å². The Morgan fingerprint density at radius 1 is 1.52 bits per heavy atom. The number of nitrogens with zero attached hydrogens (tertiary/aromatic N) is 1. The zero-order valence-electron chi connectivity index (χ0n) is 12.3. The molecule has 21 heavy (non-hydrogen) atoms. The normalized spacial score (nSPS) is 24.5. The molecule has 1 aromatic carbocycles. The van der Waals surface area contributed by atoms with Gasteiger partial charge < -0.3 is 14.8 Å². The van der Waals surface area contributed by atoms with Crippen molar-refractivity contribution in [2.24, 2.45) is 0 Å². The molecule has 1 N–H and O–H groups in total. The smallest absolute Gasteiger partial charge is 0.275 e. The van der Waals surface area contributed by atoms with Crippen LogP contribution in [0.3, 0.4) is 0 Å². The number of nitrogens with one attached hydrogen (secondary N) is 1. The van der Waals surface area contributed by atoms with Gasteiger partial charge in [-0.15, -0.1) is 0 Å². The van der Waals surface area contributed by atoms with Crippen LogP contribution in [0.4, 0.5) is 10.1 Å². The lowest BCUT2D eigenvalue weighted by Gasteiger charge is -2.43. The molecule has 6 nitrogen and oxygen atoms in total. The summed E-state index contributed by atoms with van der Waals surface area (Å²) in [5.41, 5.74) is 0.121. The molecule has 3 atom stereocenters. The summed E-state index contributed by atoms with van der Waals surface area (Å²) < 4.78 is 24.9. The molecule has 1 aromatic rings. The van der Waals surface area contributed by atoms with Crippen molar-refractivity contribution in [3.63, 3.8) is 0 Å². The fraction of sp³-hybridized carbons (Fsp3) is 0.571. The van der Waals surface area contributed by atoms with E-state index in [1.54, 1.807) is 14.0 Å². The van der Waals surface area contributed by atoms with Gasteiger partial charge in [-0.25, -0.2) is 4.39 Å². The van der Waals surface area contributed by atoms with Gasteiger partial charge in [0.1, 0.15) is 12.2 Å². The number of nitro benzene ring substituents is 1. The topological polar surface area (TPSA) is 73.6 Å². The minimum Gasteiger partial charge on any atom is -0.484 e. The van der Waals surface area contributed by atoms with Gasteiger partial charge in [0.2, 0.25) is 0 Å². The monoisotopic (exact) mass is 298 g/mol. The summed E-state index contributed by atoms with van der Waals surface area (Å²) >= 11 is 0. The van der Waals surface area contributed by atoms with E-state index in [4.69, 9.17) is 9.47 Å². The molecule has 1 aliphatic carbocycles. The van der Waals surface area contributed by atoms with Crippen LogP contribution in [0.25, 0.3) is 0 Å². The van der Waals surface area contributed by atoms with Crippen LogP contribution < -0.4 is 10.1 Å². The third-order valence-corrected chi connectivity index (χ3v) is 3.71. The Labute approximate surface area is 122 Å². The molecule has 0 bridgehead atoms. The van der Waals surface area contributed by atoms with E-state index in [0.717, 1.165) is 12.6 Å². The van der Waals surface area contributed by atoms with E-state index < -0.39 is 10.7 Å². The molecule has 1 saturated carbocycles. The van der Waals surface area contributed by atoms with Crippen LogP contribution in [0, 0.1) is 22.9 Å². The molecule has 0 radical (unpaired) electrons. The number of benzene rings is 1. The molecule has 3 unspecified atom stereocenters. The van der Waals surface area contributed by atoms with E-state index >= 15 is 0 Å². The molecule has 0 heterocycles. The largest absolute Gasteiger partial charge is 0.484 e. The second kappa shape index (κ2) is 6.36. The van der Waals surface area contributed by atoms with Crippen LogP contribution in [-0.4, -0.2) is 36.8 Å². The maximum absolute atomic E-state index is 13.9. The molecule has 0 spiro atoms. The van der Waals surface area contributed by atoms with Gasteiger partial charge in [0.15, 0.2) is 11.6 Å². The van der Waals surface area contributed by atoms with E-state index in [0.29, 0.717) is 12.0 Å². The zero-order valence-corrected chi connectivity index (χ0v) is 12.3. The lowest BCUT2D eigenvalue weighted by Crippen LogP contribution is -2.60. The number of hydrogen-bond donors (Lipinski definition) is 1. The Morgan fingerprint density at radius 3 is 2.81 bits per heavy atom. The van der Waals surface area contributed by atoms with E-state index in [1.807, 2.05) is 6.92 Å². The first-order valence-electron chi connectivity index (χ1n) is 6.85. The van der Waals surface area contributed by atoms with E-state index in [2.05, 4.69) is 5.32 Å². The first-order valence-corrected chi connectivity index (χ1v) is 6.85. The molecule has 0 saturated heterocycles. The lowest BCUT2D eigenvalue weighted by atomic mass is 9.85. The molecule has 7 heteroatoms. The van der Waals surface area contributed by atoms with E-state index in [-0.39, 0.29) is 29.7 Å². The van der Waals surface area contributed by atoms with Gasteiger partial charge in [-0.3, -0.25) is 10.1 Å². The predicted octanol–water partition coefficient (Wildman–Crippen LogP) is 2.19. The van der Waals surface area contributed by atoms with Gasteiger partial charge in [-0.2, -0.15) is 0 Å². The molecule has 0 aromatic heterocycles. The standard InChI is InChI=1S/C14H19FN2O4/c1-4-16-10-7-13(14(10)20-3)21-12-5-8(2)11(17(18)19)6-9(12)15/h5-6,10,13-14,16H,4,7H2,1-3H3. The van der Waals surface area contributed by atoms with Crippen LogP contribution in [0.15, 0.2) is 12.1 Å². The van der Waals surface area contributed by atoms with Crippen molar-refractivity contribution >= 4 is 5.69 Å². The molecule has 116 valence electrons. The Kier molecular flexibility index (Phi) is 4.74. The summed E-state index contributed by atoms with van der Waals surface area (Å²) in [6, 6.07) is 2.44. The first kappa shape index (κ1) is 15.7. The van der Waals surface area contributed by atoms with E-state index in [9.17, 15) is 14.5 Å². The Balaban J connectivity index is 2.10. The van der Waals surface area contributed by atoms with Gasteiger partial charge >= 0.3 is 0 Å². The van der Waals surface area contributed by atoms with Crippen LogP contribution >= 0.6 is 0 Å². The fourth-order valence-electron chi connectivity index (χ4n) is 2.57. The highest BCUT2D eigenvalue weighted by molar-refractivity contribution is 5.45. The highest BCUT2D eigenvalue weighted by Crippen LogP contribution is 2.32. The zero-order chi connectivity index (χ0) is 15.6. The summed E-state index contributed by atoms with van der Waals surface area (Å²) in [5.74, 6) is -0.700. The number of nitro groups is 1.